The van der Waals surface area contributed by atoms with E-state index in [0.717, 1.165) is 24.9 Å². The van der Waals surface area contributed by atoms with Crippen LogP contribution in [-0.4, -0.2) is 12.1 Å². The lowest BCUT2D eigenvalue weighted by Crippen LogP contribution is -2.41. The summed E-state index contributed by atoms with van der Waals surface area (Å²) in [7, 11) is 1.79. The predicted octanol–water partition coefficient (Wildman–Crippen LogP) is 5.07. The lowest BCUT2D eigenvalue weighted by atomic mass is 9.69. The first-order valence-corrected chi connectivity index (χ1v) is 9.18. The summed E-state index contributed by atoms with van der Waals surface area (Å²) in [5.41, 5.74) is 3.16. The minimum absolute atomic E-state index is 0.370. The Hall–Kier alpha value is -1.84. The standard InChI is InChI=1S/C21H25ClN2O/c1-16-7-6-10-19(15-23-14-17-8-4-3-5-9-17)21(16,25-2)18-11-12-24-20(22)13-18/h3-5,8-9,11-13,15-16,23H,6-7,10,14H2,1-2H3/b19-15+. The molecule has 25 heavy (non-hydrogen) atoms. The smallest absolute Gasteiger partial charge is 0.129 e. The second kappa shape index (κ2) is 8.03. The highest BCUT2D eigenvalue weighted by molar-refractivity contribution is 6.29. The Morgan fingerprint density at radius 3 is 2.84 bits per heavy atom. The molecule has 0 saturated heterocycles. The molecular weight excluding hydrogens is 332 g/mol. The summed E-state index contributed by atoms with van der Waals surface area (Å²) < 4.78 is 6.15. The van der Waals surface area contributed by atoms with Crippen molar-refractivity contribution in [1.29, 1.82) is 0 Å². The van der Waals surface area contributed by atoms with Crippen LogP contribution in [0.3, 0.4) is 0 Å². The number of aromatic nitrogens is 1. The summed E-state index contributed by atoms with van der Waals surface area (Å²) in [6, 6.07) is 14.4. The number of pyridine rings is 1. The van der Waals surface area contributed by atoms with Crippen LogP contribution in [-0.2, 0) is 16.9 Å². The molecule has 0 radical (unpaired) electrons. The summed E-state index contributed by atoms with van der Waals surface area (Å²) >= 11 is 6.16. The number of nitrogens with zero attached hydrogens (tertiary/aromatic N) is 1. The van der Waals surface area contributed by atoms with Crippen molar-refractivity contribution >= 4 is 11.6 Å². The molecule has 2 aromatic rings. The fraction of sp³-hybridized carbons (Fsp3) is 0.381. The van der Waals surface area contributed by atoms with Gasteiger partial charge in [-0.2, -0.15) is 0 Å². The van der Waals surface area contributed by atoms with Crippen LogP contribution in [0.4, 0.5) is 0 Å². The first-order chi connectivity index (χ1) is 12.2. The largest absolute Gasteiger partial charge is 0.387 e. The maximum absolute atomic E-state index is 6.16. The number of hydrogen-bond donors (Lipinski definition) is 1. The molecule has 0 spiro atoms. The van der Waals surface area contributed by atoms with Crippen molar-refractivity contribution in [1.82, 2.24) is 10.3 Å². The van der Waals surface area contributed by atoms with Crippen molar-refractivity contribution in [2.75, 3.05) is 7.11 Å². The molecule has 0 bridgehead atoms. The molecule has 1 aliphatic rings. The van der Waals surface area contributed by atoms with Crippen LogP contribution >= 0.6 is 11.6 Å². The highest BCUT2D eigenvalue weighted by Gasteiger charge is 2.44. The average Bonchev–Trinajstić information content (AvgIpc) is 2.63. The Morgan fingerprint density at radius 2 is 2.12 bits per heavy atom. The number of benzene rings is 1. The molecule has 1 aromatic carbocycles. The molecule has 1 saturated carbocycles. The second-order valence-electron chi connectivity index (χ2n) is 6.64. The normalized spacial score (nSPS) is 25.1. The number of rotatable bonds is 5. The van der Waals surface area contributed by atoms with Crippen molar-refractivity contribution in [2.45, 2.75) is 38.3 Å². The van der Waals surface area contributed by atoms with Gasteiger partial charge in [-0.3, -0.25) is 0 Å². The van der Waals surface area contributed by atoms with Gasteiger partial charge in [0.15, 0.2) is 0 Å². The zero-order valence-corrected chi connectivity index (χ0v) is 15.6. The molecular formula is C21H25ClN2O. The molecule has 1 N–H and O–H groups in total. The monoisotopic (exact) mass is 356 g/mol. The summed E-state index contributed by atoms with van der Waals surface area (Å²) in [4.78, 5) is 4.13. The van der Waals surface area contributed by atoms with Gasteiger partial charge >= 0.3 is 0 Å². The highest BCUT2D eigenvalue weighted by Crippen LogP contribution is 2.47. The van der Waals surface area contributed by atoms with Gasteiger partial charge in [0.1, 0.15) is 10.8 Å². The van der Waals surface area contributed by atoms with E-state index in [4.69, 9.17) is 16.3 Å². The lowest BCUT2D eigenvalue weighted by molar-refractivity contribution is -0.0434. The molecule has 4 heteroatoms. The van der Waals surface area contributed by atoms with Crippen LogP contribution < -0.4 is 5.32 Å². The molecule has 1 heterocycles. The van der Waals surface area contributed by atoms with Crippen molar-refractivity contribution in [3.8, 4) is 0 Å². The van der Waals surface area contributed by atoms with Crippen LogP contribution in [0.5, 0.6) is 0 Å². The first kappa shape index (κ1) is 18.0. The van der Waals surface area contributed by atoms with E-state index >= 15 is 0 Å². The van der Waals surface area contributed by atoms with Gasteiger partial charge in [0.25, 0.3) is 0 Å². The van der Waals surface area contributed by atoms with Gasteiger partial charge in [0, 0.05) is 19.9 Å². The zero-order valence-electron chi connectivity index (χ0n) is 14.8. The van der Waals surface area contributed by atoms with E-state index in [-0.39, 0.29) is 0 Å². The van der Waals surface area contributed by atoms with Gasteiger partial charge in [-0.15, -0.1) is 0 Å². The molecule has 1 aliphatic carbocycles. The van der Waals surface area contributed by atoms with Crippen LogP contribution in [0.15, 0.2) is 60.4 Å². The minimum atomic E-state index is -0.450. The Bertz CT molecular complexity index is 732. The topological polar surface area (TPSA) is 34.1 Å². The summed E-state index contributed by atoms with van der Waals surface area (Å²) in [5, 5.41) is 3.98. The third-order valence-electron chi connectivity index (χ3n) is 5.16. The number of hydrogen-bond acceptors (Lipinski definition) is 3. The third-order valence-corrected chi connectivity index (χ3v) is 5.36. The molecule has 3 rings (SSSR count). The molecule has 3 nitrogen and oxygen atoms in total. The van der Waals surface area contributed by atoms with Crippen molar-refractivity contribution in [3.63, 3.8) is 0 Å². The van der Waals surface area contributed by atoms with E-state index in [1.54, 1.807) is 13.3 Å². The van der Waals surface area contributed by atoms with E-state index in [9.17, 15) is 0 Å². The lowest BCUT2D eigenvalue weighted by Gasteiger charge is -2.44. The molecule has 2 unspecified atom stereocenters. The Kier molecular flexibility index (Phi) is 5.77. The fourth-order valence-corrected chi connectivity index (χ4v) is 4.10. The number of halogens is 1. The molecule has 0 aliphatic heterocycles. The van der Waals surface area contributed by atoms with Gasteiger partial charge in [-0.05, 0) is 60.2 Å². The summed E-state index contributed by atoms with van der Waals surface area (Å²) in [6.07, 6.45) is 7.21. The van der Waals surface area contributed by atoms with Gasteiger partial charge < -0.3 is 10.1 Å². The molecule has 1 aromatic heterocycles. The van der Waals surface area contributed by atoms with E-state index < -0.39 is 5.60 Å². The third kappa shape index (κ3) is 3.73. The van der Waals surface area contributed by atoms with Crippen LogP contribution in [0, 0.1) is 5.92 Å². The maximum Gasteiger partial charge on any atom is 0.129 e. The quantitative estimate of drug-likeness (QED) is 0.759. The SMILES string of the molecule is COC1(c2ccnc(Cl)c2)/C(=C/NCc2ccccc2)CCCC1C. The molecule has 2 atom stereocenters. The first-order valence-electron chi connectivity index (χ1n) is 8.81. The highest BCUT2D eigenvalue weighted by atomic mass is 35.5. The Balaban J connectivity index is 1.90. The molecule has 132 valence electrons. The van der Waals surface area contributed by atoms with E-state index in [1.165, 1.54) is 17.6 Å². The van der Waals surface area contributed by atoms with Crippen LogP contribution in [0.1, 0.15) is 37.3 Å². The number of nitrogens with one attached hydrogen (secondary N) is 1. The zero-order chi connectivity index (χ0) is 17.7. The molecule has 0 amide bonds. The summed E-state index contributed by atoms with van der Waals surface area (Å²) in [5.74, 6) is 0.370. The van der Waals surface area contributed by atoms with Crippen molar-refractivity contribution in [2.24, 2.45) is 5.92 Å². The molecule has 1 fully saturated rings. The van der Waals surface area contributed by atoms with Gasteiger partial charge in [-0.25, -0.2) is 4.98 Å². The van der Waals surface area contributed by atoms with Crippen molar-refractivity contribution < 1.29 is 4.74 Å². The van der Waals surface area contributed by atoms with Crippen LogP contribution in [0.25, 0.3) is 0 Å². The van der Waals surface area contributed by atoms with Gasteiger partial charge in [0.2, 0.25) is 0 Å². The Labute approximate surface area is 155 Å². The van der Waals surface area contributed by atoms with E-state index in [0.29, 0.717) is 11.1 Å². The fourth-order valence-electron chi connectivity index (χ4n) is 3.93. The second-order valence-corrected chi connectivity index (χ2v) is 7.02. The Morgan fingerprint density at radius 1 is 1.32 bits per heavy atom. The van der Waals surface area contributed by atoms with Gasteiger partial charge in [-0.1, -0.05) is 48.9 Å². The predicted molar refractivity (Wildman–Crippen MR) is 102 cm³/mol. The number of ether oxygens (including phenoxy) is 1. The van der Waals surface area contributed by atoms with E-state index in [1.807, 2.05) is 18.2 Å². The van der Waals surface area contributed by atoms with Crippen LogP contribution in [0.2, 0.25) is 5.15 Å². The average molecular weight is 357 g/mol. The number of methoxy groups -OCH3 is 1. The summed E-state index contributed by atoms with van der Waals surface area (Å²) in [6.45, 7) is 3.05. The maximum atomic E-state index is 6.16. The van der Waals surface area contributed by atoms with E-state index in [2.05, 4.69) is 47.7 Å². The van der Waals surface area contributed by atoms with Gasteiger partial charge in [0.05, 0.1) is 0 Å². The minimum Gasteiger partial charge on any atom is -0.387 e. The van der Waals surface area contributed by atoms with Crippen molar-refractivity contribution in [3.05, 3.63) is 76.7 Å².